The molecule has 14 atom stereocenters. The molecule has 10 heteroatoms. The van der Waals surface area contributed by atoms with E-state index in [-0.39, 0.29) is 65.7 Å². The van der Waals surface area contributed by atoms with E-state index >= 15 is 8.78 Å². The maximum atomic E-state index is 16.8. The molecule has 0 amide bonds. The fourth-order valence-corrected chi connectivity index (χ4v) is 13.9. The van der Waals surface area contributed by atoms with Gasteiger partial charge in [-0.3, -0.25) is 14.4 Å². The van der Waals surface area contributed by atoms with Crippen molar-refractivity contribution in [3.05, 3.63) is 70.5 Å². The summed E-state index contributed by atoms with van der Waals surface area (Å²) >= 11 is 0. The lowest BCUT2D eigenvalue weighted by Gasteiger charge is -2.61. The van der Waals surface area contributed by atoms with Crippen LogP contribution in [0.5, 0.6) is 0 Å². The normalized spacial score (nSPS) is 50.4. The Morgan fingerprint density at radius 2 is 1.15 bits per heavy atom. The number of hydrogen-bond donors (Lipinski definition) is 4. The number of carbonyl (C=O) groups is 3. The van der Waals surface area contributed by atoms with Crippen LogP contribution in [0.4, 0.5) is 8.78 Å². The highest BCUT2D eigenvalue weighted by molar-refractivity contribution is 6.01. The molecule has 0 heterocycles. The van der Waals surface area contributed by atoms with Crippen LogP contribution in [0.1, 0.15) is 92.9 Å². The Labute approximate surface area is 316 Å². The van der Waals surface area contributed by atoms with Crippen molar-refractivity contribution < 1.29 is 48.3 Å². The zero-order chi connectivity index (χ0) is 39.6. The van der Waals surface area contributed by atoms with Gasteiger partial charge in [0.25, 0.3) is 5.95 Å². The van der Waals surface area contributed by atoms with Crippen LogP contribution >= 0.6 is 0 Å². The molecule has 8 aliphatic rings. The molecular formula is C44H56F2O8. The summed E-state index contributed by atoms with van der Waals surface area (Å²) in [4.78, 5) is 34.9. The third-order valence-corrected chi connectivity index (χ3v) is 16.3. The molecule has 8 aliphatic carbocycles. The van der Waals surface area contributed by atoms with Crippen LogP contribution < -0.4 is 0 Å². The number of aldehydes is 1. The van der Waals surface area contributed by atoms with Crippen molar-refractivity contribution in [1.29, 1.82) is 0 Å². The van der Waals surface area contributed by atoms with Crippen LogP contribution in [0.15, 0.2) is 70.5 Å². The number of alkyl halides is 2. The van der Waals surface area contributed by atoms with Crippen molar-refractivity contribution in [3.63, 3.8) is 0 Å². The summed E-state index contributed by atoms with van der Waals surface area (Å²) in [6, 6.07) is 0. The molecular weight excluding hydrogens is 694 g/mol. The Bertz CT molecular complexity index is 1860. The van der Waals surface area contributed by atoms with Crippen molar-refractivity contribution in [3.8, 4) is 0 Å². The van der Waals surface area contributed by atoms with Crippen molar-refractivity contribution in [2.75, 3.05) is 7.11 Å². The summed E-state index contributed by atoms with van der Waals surface area (Å²) < 4.78 is 38.8. The van der Waals surface area contributed by atoms with Gasteiger partial charge in [0.05, 0.1) is 19.3 Å². The molecule has 0 unspecified atom stereocenters. The smallest absolute Gasteiger partial charge is 0.276 e. The van der Waals surface area contributed by atoms with E-state index in [2.05, 4.69) is 0 Å². The topological polar surface area (TPSA) is 141 Å². The van der Waals surface area contributed by atoms with E-state index in [9.17, 15) is 34.8 Å². The molecule has 0 bridgehead atoms. The average molecular weight is 751 g/mol. The number of aliphatic hydroxyl groups is 4. The Morgan fingerprint density at radius 3 is 1.56 bits per heavy atom. The van der Waals surface area contributed by atoms with Crippen LogP contribution in [0.25, 0.3) is 0 Å². The second kappa shape index (κ2) is 12.6. The third-order valence-electron chi connectivity index (χ3n) is 16.3. The molecule has 54 heavy (non-hydrogen) atoms. The molecule has 0 aliphatic heterocycles. The van der Waals surface area contributed by atoms with Crippen LogP contribution in [-0.2, 0) is 19.1 Å². The number of ketones is 2. The zero-order valence-corrected chi connectivity index (χ0v) is 32.5. The van der Waals surface area contributed by atoms with Gasteiger partial charge < -0.3 is 25.2 Å². The first kappa shape index (κ1) is 38.9. The van der Waals surface area contributed by atoms with Crippen LogP contribution in [0, 0.1) is 57.2 Å². The summed E-state index contributed by atoms with van der Waals surface area (Å²) in [6.07, 6.45) is 11.6. The molecule has 6 saturated carbocycles. The monoisotopic (exact) mass is 750 g/mol. The van der Waals surface area contributed by atoms with Gasteiger partial charge in [-0.2, -0.15) is 0 Å². The first-order chi connectivity index (χ1) is 25.2. The first-order valence-electron chi connectivity index (χ1n) is 19.7. The minimum atomic E-state index is -1.87. The highest BCUT2D eigenvalue weighted by Gasteiger charge is 2.72. The third kappa shape index (κ3) is 4.86. The fraction of sp³-hybridized carbons (Fsp3) is 0.659. The van der Waals surface area contributed by atoms with Gasteiger partial charge in [0.15, 0.2) is 34.9 Å². The Balaban J connectivity index is 0.000000167. The van der Waals surface area contributed by atoms with Crippen LogP contribution in [-0.4, -0.2) is 68.9 Å². The molecule has 6 fully saturated rings. The van der Waals surface area contributed by atoms with E-state index in [4.69, 9.17) is 4.74 Å². The molecule has 4 N–H and O–H groups in total. The number of hydrogen-bond acceptors (Lipinski definition) is 8. The van der Waals surface area contributed by atoms with Gasteiger partial charge in [-0.25, -0.2) is 8.78 Å². The number of ether oxygens (including phenoxy) is 1. The molecule has 0 saturated heterocycles. The SMILES string of the molecule is CO/C(O)=C1/[C@H](C)C[C@H]2[C@@H]3CCC4=CC(=O)C=C[C@]4(C)[C@@]3(F)[C@@H](O)C[C@]12C.C[C@@H]1C[C@H]2[C@@H]3CCC4=CC(=O)C=C[C@]4(C)[C@@]3(F)[C@@H](O)C[C@]2(C)/C1=C(\O)C=O. The van der Waals surface area contributed by atoms with Gasteiger partial charge in [-0.05, 0) is 124 Å². The van der Waals surface area contributed by atoms with E-state index in [1.807, 2.05) is 34.6 Å². The lowest BCUT2D eigenvalue weighted by atomic mass is 9.45. The number of fused-ring (bicyclic) bond motifs is 10. The predicted molar refractivity (Wildman–Crippen MR) is 198 cm³/mol. The van der Waals surface area contributed by atoms with Crippen molar-refractivity contribution >= 4 is 17.9 Å². The second-order valence-electron chi connectivity index (χ2n) is 18.6. The molecule has 0 spiro atoms. The lowest BCUT2D eigenvalue weighted by Crippen LogP contribution is -2.66. The molecule has 8 nitrogen and oxygen atoms in total. The molecule has 0 aromatic carbocycles. The van der Waals surface area contributed by atoms with Crippen molar-refractivity contribution in [1.82, 2.24) is 0 Å². The summed E-state index contributed by atoms with van der Waals surface area (Å²) in [7, 11) is 1.44. The van der Waals surface area contributed by atoms with Gasteiger partial charge in [0.2, 0.25) is 0 Å². The second-order valence-corrected chi connectivity index (χ2v) is 18.6. The Hall–Kier alpha value is -3.37. The van der Waals surface area contributed by atoms with E-state index in [0.29, 0.717) is 44.0 Å². The van der Waals surface area contributed by atoms with Crippen LogP contribution in [0.2, 0.25) is 0 Å². The highest BCUT2D eigenvalue weighted by atomic mass is 19.1. The van der Waals surface area contributed by atoms with Gasteiger partial charge in [0, 0.05) is 33.7 Å². The maximum Gasteiger partial charge on any atom is 0.276 e. The zero-order valence-electron chi connectivity index (χ0n) is 32.5. The maximum absolute atomic E-state index is 16.8. The quantitative estimate of drug-likeness (QED) is 0.128. The number of halogens is 2. The Morgan fingerprint density at radius 1 is 0.741 bits per heavy atom. The number of rotatable bonds is 2. The molecule has 8 rings (SSSR count). The van der Waals surface area contributed by atoms with E-state index in [1.165, 1.54) is 25.3 Å². The van der Waals surface area contributed by atoms with Crippen molar-refractivity contribution in [2.45, 2.75) is 116 Å². The highest BCUT2D eigenvalue weighted by Crippen LogP contribution is 2.71. The van der Waals surface area contributed by atoms with E-state index in [1.54, 1.807) is 25.2 Å². The van der Waals surface area contributed by atoms with Gasteiger partial charge in [-0.1, -0.05) is 51.0 Å². The minimum absolute atomic E-state index is 0.0117. The fourth-order valence-electron chi connectivity index (χ4n) is 13.9. The molecule has 0 aromatic rings. The molecule has 0 aromatic heterocycles. The molecule has 0 radical (unpaired) electrons. The predicted octanol–water partition coefficient (Wildman–Crippen LogP) is 7.63. The molecule has 294 valence electrons. The lowest BCUT2D eigenvalue weighted by molar-refractivity contribution is -0.184. The van der Waals surface area contributed by atoms with Crippen molar-refractivity contribution in [2.24, 2.45) is 57.2 Å². The van der Waals surface area contributed by atoms with E-state index < -0.39 is 51.1 Å². The van der Waals surface area contributed by atoms with Gasteiger partial charge in [0.1, 0.15) is 0 Å². The van der Waals surface area contributed by atoms with E-state index in [0.717, 1.165) is 23.1 Å². The standard InChI is InChI=1S/C22H29FO4.C22H27FO4/c1-12-9-16-15-6-5-13-10-14(24)7-8-21(13,3)22(15,23)17(25)11-20(16,2)18(12)19(26)27-4;1-12-8-16-15-5-4-13-9-14(25)6-7-21(13,3)22(15,23)18(27)10-20(16,2)19(12)17(26)11-24/h7-8,10,12,15-17,25-26H,5-6,9,11H2,1-4H3;6-7,9,11-12,15-16,18,26-27H,4-5,8,10H2,1-3H3/b19-18-;19-17-/t12-,15+,16+,17+,20+,21+,22+;12-,15+,16+,18+,20+,21+,22+/m11/s1. The summed E-state index contributed by atoms with van der Waals surface area (Å²) in [5.41, 5.74) is -3.76. The summed E-state index contributed by atoms with van der Waals surface area (Å²) in [5.74, 6) is -1.34. The largest absolute Gasteiger partial charge is 0.505 e. The van der Waals surface area contributed by atoms with Gasteiger partial charge in [-0.15, -0.1) is 0 Å². The number of aliphatic hydroxyl groups excluding tert-OH is 4. The summed E-state index contributed by atoms with van der Waals surface area (Å²) in [6.45, 7) is 11.6. The number of methoxy groups -OCH3 is 1. The van der Waals surface area contributed by atoms with Crippen LogP contribution in [0.3, 0.4) is 0 Å². The van der Waals surface area contributed by atoms with Gasteiger partial charge >= 0.3 is 0 Å². The minimum Gasteiger partial charge on any atom is -0.505 e. The summed E-state index contributed by atoms with van der Waals surface area (Å²) in [5, 5.41) is 42.8. The number of carbonyl (C=O) groups excluding carboxylic acids is 3. The Kier molecular flexibility index (Phi) is 9.05. The first-order valence-corrected chi connectivity index (χ1v) is 19.7. The number of allylic oxidation sites excluding steroid dienone is 11. The average Bonchev–Trinajstić information content (AvgIpc) is 3.53.